The minimum absolute atomic E-state index is 0.645. The van der Waals surface area contributed by atoms with Crippen LogP contribution in [-0.2, 0) is 0 Å². The van der Waals surface area contributed by atoms with Gasteiger partial charge in [-0.2, -0.15) is 11.8 Å². The van der Waals surface area contributed by atoms with Crippen molar-refractivity contribution in [2.45, 2.75) is 12.5 Å². The number of thioether (sulfide) groups is 1. The predicted octanol–water partition coefficient (Wildman–Crippen LogP) is 3.26. The molecule has 0 saturated carbocycles. The smallest absolute Gasteiger partial charge is 0.0407 e. The maximum Gasteiger partial charge on any atom is 0.0407 e. The van der Waals surface area contributed by atoms with Crippen molar-refractivity contribution in [3.05, 3.63) is 29.3 Å². The highest BCUT2D eigenvalue weighted by Gasteiger charge is 2.14. The van der Waals surface area contributed by atoms with E-state index in [0.717, 1.165) is 5.02 Å². The first-order valence-electron chi connectivity index (χ1n) is 4.44. The first-order valence-corrected chi connectivity index (χ1v) is 5.98. The lowest BCUT2D eigenvalue weighted by molar-refractivity contribution is 0.813. The average Bonchev–Trinajstić information content (AvgIpc) is 2.62. The standard InChI is InChI=1S/C10H12ClNS/c11-8-1-3-9(4-2-8)12-10-5-6-13-7-10/h1-4,10,12H,5-7H2. The largest absolute Gasteiger partial charge is 0.381 e. The molecule has 1 fully saturated rings. The topological polar surface area (TPSA) is 12.0 Å². The van der Waals surface area contributed by atoms with E-state index < -0.39 is 0 Å². The molecule has 1 aliphatic rings. The van der Waals surface area contributed by atoms with Crippen LogP contribution in [0.1, 0.15) is 6.42 Å². The van der Waals surface area contributed by atoms with Gasteiger partial charge in [0.2, 0.25) is 0 Å². The van der Waals surface area contributed by atoms with Crippen LogP contribution in [0.15, 0.2) is 24.3 Å². The van der Waals surface area contributed by atoms with Crippen LogP contribution in [-0.4, -0.2) is 17.5 Å². The Morgan fingerprint density at radius 3 is 2.69 bits per heavy atom. The van der Waals surface area contributed by atoms with E-state index in [1.54, 1.807) is 0 Å². The summed E-state index contributed by atoms with van der Waals surface area (Å²) in [5.74, 6) is 2.51. The lowest BCUT2D eigenvalue weighted by Crippen LogP contribution is -2.17. The zero-order chi connectivity index (χ0) is 9.10. The minimum Gasteiger partial charge on any atom is -0.381 e. The Labute approximate surface area is 87.9 Å². The lowest BCUT2D eigenvalue weighted by Gasteiger charge is -2.12. The fourth-order valence-corrected chi connectivity index (χ4v) is 2.71. The highest BCUT2D eigenvalue weighted by Crippen LogP contribution is 2.22. The Morgan fingerprint density at radius 1 is 1.31 bits per heavy atom. The maximum absolute atomic E-state index is 5.80. The van der Waals surface area contributed by atoms with Gasteiger partial charge in [0.1, 0.15) is 0 Å². The summed E-state index contributed by atoms with van der Waals surface area (Å²) in [5, 5.41) is 4.29. The second-order valence-corrected chi connectivity index (χ2v) is 4.80. The number of hydrogen-bond donors (Lipinski definition) is 1. The summed E-state index contributed by atoms with van der Waals surface area (Å²) in [7, 11) is 0. The van der Waals surface area contributed by atoms with E-state index in [-0.39, 0.29) is 0 Å². The number of rotatable bonds is 2. The Hall–Kier alpha value is -0.340. The van der Waals surface area contributed by atoms with Gasteiger partial charge in [0.05, 0.1) is 0 Å². The molecule has 1 unspecified atom stereocenters. The van der Waals surface area contributed by atoms with Crippen molar-refractivity contribution in [1.82, 2.24) is 0 Å². The van der Waals surface area contributed by atoms with Gasteiger partial charge in [0, 0.05) is 22.5 Å². The Kier molecular flexibility index (Phi) is 3.01. The van der Waals surface area contributed by atoms with Crippen LogP contribution in [0.5, 0.6) is 0 Å². The van der Waals surface area contributed by atoms with E-state index in [1.165, 1.54) is 23.6 Å². The molecule has 0 radical (unpaired) electrons. The van der Waals surface area contributed by atoms with E-state index in [2.05, 4.69) is 5.32 Å². The van der Waals surface area contributed by atoms with E-state index in [1.807, 2.05) is 36.0 Å². The normalized spacial score (nSPS) is 21.8. The molecule has 3 heteroatoms. The molecular weight excluding hydrogens is 202 g/mol. The van der Waals surface area contributed by atoms with Crippen LogP contribution < -0.4 is 5.32 Å². The van der Waals surface area contributed by atoms with Crippen LogP contribution in [0.25, 0.3) is 0 Å². The molecule has 1 heterocycles. The van der Waals surface area contributed by atoms with Gasteiger partial charge < -0.3 is 5.32 Å². The maximum atomic E-state index is 5.80. The molecule has 1 N–H and O–H groups in total. The molecule has 0 aliphatic carbocycles. The summed E-state index contributed by atoms with van der Waals surface area (Å²) in [5.41, 5.74) is 1.18. The van der Waals surface area contributed by atoms with Gasteiger partial charge in [-0.15, -0.1) is 0 Å². The number of anilines is 1. The molecule has 1 aromatic rings. The van der Waals surface area contributed by atoms with Gasteiger partial charge in [-0.1, -0.05) is 11.6 Å². The van der Waals surface area contributed by atoms with Crippen molar-refractivity contribution >= 4 is 29.1 Å². The molecule has 1 nitrogen and oxygen atoms in total. The van der Waals surface area contributed by atoms with Crippen LogP contribution in [0.4, 0.5) is 5.69 Å². The second-order valence-electron chi connectivity index (χ2n) is 3.21. The third-order valence-electron chi connectivity index (χ3n) is 2.14. The van der Waals surface area contributed by atoms with Crippen LogP contribution in [0.3, 0.4) is 0 Å². The van der Waals surface area contributed by atoms with Crippen molar-refractivity contribution in [2.75, 3.05) is 16.8 Å². The van der Waals surface area contributed by atoms with Gasteiger partial charge in [0.15, 0.2) is 0 Å². The van der Waals surface area contributed by atoms with Gasteiger partial charge in [-0.3, -0.25) is 0 Å². The summed E-state index contributed by atoms with van der Waals surface area (Å²) in [6, 6.07) is 8.56. The third kappa shape index (κ3) is 2.55. The lowest BCUT2D eigenvalue weighted by atomic mass is 10.2. The Bertz CT molecular complexity index is 267. The zero-order valence-electron chi connectivity index (χ0n) is 7.29. The van der Waals surface area contributed by atoms with Gasteiger partial charge in [0.25, 0.3) is 0 Å². The highest BCUT2D eigenvalue weighted by atomic mass is 35.5. The molecular formula is C10H12ClNS. The molecule has 0 amide bonds. The van der Waals surface area contributed by atoms with Crippen molar-refractivity contribution in [3.8, 4) is 0 Å². The summed E-state index contributed by atoms with van der Waals surface area (Å²) in [6.07, 6.45) is 1.27. The third-order valence-corrected chi connectivity index (χ3v) is 3.56. The molecule has 1 aromatic carbocycles. The molecule has 2 rings (SSSR count). The molecule has 13 heavy (non-hydrogen) atoms. The molecule has 0 bridgehead atoms. The van der Waals surface area contributed by atoms with Gasteiger partial charge in [-0.05, 0) is 36.4 Å². The zero-order valence-corrected chi connectivity index (χ0v) is 8.87. The SMILES string of the molecule is Clc1ccc(NC2CCSC2)cc1. The first kappa shape index (κ1) is 9.22. The van der Waals surface area contributed by atoms with Crippen molar-refractivity contribution < 1.29 is 0 Å². The van der Waals surface area contributed by atoms with Crippen LogP contribution in [0.2, 0.25) is 5.02 Å². The molecule has 1 saturated heterocycles. The second kappa shape index (κ2) is 4.25. The summed E-state index contributed by atoms with van der Waals surface area (Å²) in [4.78, 5) is 0. The summed E-state index contributed by atoms with van der Waals surface area (Å²) >= 11 is 7.81. The van der Waals surface area contributed by atoms with E-state index in [0.29, 0.717) is 6.04 Å². The summed E-state index contributed by atoms with van der Waals surface area (Å²) < 4.78 is 0. The van der Waals surface area contributed by atoms with Gasteiger partial charge >= 0.3 is 0 Å². The quantitative estimate of drug-likeness (QED) is 0.810. The summed E-state index contributed by atoms with van der Waals surface area (Å²) in [6.45, 7) is 0. The van der Waals surface area contributed by atoms with Gasteiger partial charge in [-0.25, -0.2) is 0 Å². The minimum atomic E-state index is 0.645. The molecule has 1 atom stereocenters. The van der Waals surface area contributed by atoms with Crippen LogP contribution in [0, 0.1) is 0 Å². The average molecular weight is 214 g/mol. The number of halogens is 1. The Balaban J connectivity index is 1.97. The molecule has 0 aromatic heterocycles. The monoisotopic (exact) mass is 213 g/mol. The van der Waals surface area contributed by atoms with E-state index >= 15 is 0 Å². The highest BCUT2D eigenvalue weighted by molar-refractivity contribution is 7.99. The van der Waals surface area contributed by atoms with Crippen LogP contribution >= 0.6 is 23.4 Å². The van der Waals surface area contributed by atoms with E-state index in [4.69, 9.17) is 11.6 Å². The fourth-order valence-electron chi connectivity index (χ4n) is 1.43. The number of hydrogen-bond acceptors (Lipinski definition) is 2. The van der Waals surface area contributed by atoms with E-state index in [9.17, 15) is 0 Å². The number of benzene rings is 1. The van der Waals surface area contributed by atoms with Crippen molar-refractivity contribution in [1.29, 1.82) is 0 Å². The van der Waals surface area contributed by atoms with Crippen molar-refractivity contribution in [3.63, 3.8) is 0 Å². The fraction of sp³-hybridized carbons (Fsp3) is 0.400. The first-order chi connectivity index (χ1) is 6.34. The molecule has 0 spiro atoms. The molecule has 1 aliphatic heterocycles. The Morgan fingerprint density at radius 2 is 2.08 bits per heavy atom. The number of nitrogens with one attached hydrogen (secondary N) is 1. The predicted molar refractivity (Wildman–Crippen MR) is 60.8 cm³/mol. The van der Waals surface area contributed by atoms with Crippen molar-refractivity contribution in [2.24, 2.45) is 0 Å². The molecule has 70 valence electrons.